The second kappa shape index (κ2) is 4.85. The van der Waals surface area contributed by atoms with Gasteiger partial charge in [-0.05, 0) is 15.9 Å². The van der Waals surface area contributed by atoms with Gasteiger partial charge in [-0.1, -0.05) is 0 Å². The van der Waals surface area contributed by atoms with Gasteiger partial charge in [-0.2, -0.15) is 5.10 Å². The molecule has 3 rings (SSSR count). The third-order valence-electron chi connectivity index (χ3n) is 3.75. The molecule has 0 atom stereocenters. The van der Waals surface area contributed by atoms with Crippen LogP contribution < -0.4 is 5.32 Å². The number of hydrogen-bond donors (Lipinski definition) is 1. The summed E-state index contributed by atoms with van der Waals surface area (Å²) in [4.78, 5) is 25.9. The molecule has 2 saturated heterocycles. The summed E-state index contributed by atoms with van der Waals surface area (Å²) in [5.74, 6) is -0.177. The van der Waals surface area contributed by atoms with E-state index < -0.39 is 5.54 Å². The SMILES string of the molecule is Cn1cc(Br)c(CN2C(=O)NC3(CCOCC3)C2=O)n1. The maximum atomic E-state index is 12.6. The van der Waals surface area contributed by atoms with E-state index in [0.717, 1.165) is 4.47 Å². The average Bonchev–Trinajstić information content (AvgIpc) is 2.83. The Morgan fingerprint density at radius 2 is 2.15 bits per heavy atom. The summed E-state index contributed by atoms with van der Waals surface area (Å²) >= 11 is 3.38. The van der Waals surface area contributed by atoms with Crippen LogP contribution >= 0.6 is 15.9 Å². The Hall–Kier alpha value is -1.41. The number of nitrogens with one attached hydrogen (secondary N) is 1. The summed E-state index contributed by atoms with van der Waals surface area (Å²) in [6.45, 7) is 1.16. The van der Waals surface area contributed by atoms with Crippen LogP contribution in [0.25, 0.3) is 0 Å². The molecule has 1 aromatic heterocycles. The van der Waals surface area contributed by atoms with Crippen molar-refractivity contribution in [2.45, 2.75) is 24.9 Å². The van der Waals surface area contributed by atoms with E-state index in [1.54, 1.807) is 17.9 Å². The molecule has 3 heterocycles. The summed E-state index contributed by atoms with van der Waals surface area (Å²) in [5, 5.41) is 7.07. The molecule has 7 nitrogen and oxygen atoms in total. The normalized spacial score (nSPS) is 21.6. The second-order valence-corrected chi connectivity index (χ2v) is 5.97. The zero-order chi connectivity index (χ0) is 14.3. The topological polar surface area (TPSA) is 76.5 Å². The number of ether oxygens (including phenoxy) is 1. The highest BCUT2D eigenvalue weighted by atomic mass is 79.9. The number of amides is 3. The molecule has 20 heavy (non-hydrogen) atoms. The van der Waals surface area contributed by atoms with Crippen molar-refractivity contribution in [3.63, 3.8) is 0 Å². The van der Waals surface area contributed by atoms with Crippen LogP contribution in [0.4, 0.5) is 4.79 Å². The predicted octanol–water partition coefficient (Wildman–Crippen LogP) is 0.784. The minimum Gasteiger partial charge on any atom is -0.381 e. The number of halogens is 1. The van der Waals surface area contributed by atoms with Crippen LogP contribution in [0.5, 0.6) is 0 Å². The van der Waals surface area contributed by atoms with Gasteiger partial charge in [-0.3, -0.25) is 14.4 Å². The van der Waals surface area contributed by atoms with Gasteiger partial charge in [0.1, 0.15) is 5.54 Å². The molecule has 2 aliphatic heterocycles. The molecule has 0 saturated carbocycles. The molecule has 1 N–H and O–H groups in total. The van der Waals surface area contributed by atoms with Gasteiger partial charge in [0, 0.05) is 39.3 Å². The third-order valence-corrected chi connectivity index (χ3v) is 4.42. The molecule has 1 spiro atoms. The summed E-state index contributed by atoms with van der Waals surface area (Å²) < 4.78 is 7.70. The van der Waals surface area contributed by atoms with Crippen molar-refractivity contribution in [3.05, 3.63) is 16.4 Å². The van der Waals surface area contributed by atoms with Gasteiger partial charge in [0.15, 0.2) is 0 Å². The first kappa shape index (κ1) is 13.6. The molecule has 0 aromatic carbocycles. The highest BCUT2D eigenvalue weighted by Crippen LogP contribution is 2.30. The van der Waals surface area contributed by atoms with E-state index in [2.05, 4.69) is 26.3 Å². The van der Waals surface area contributed by atoms with Gasteiger partial charge < -0.3 is 10.1 Å². The summed E-state index contributed by atoms with van der Waals surface area (Å²) in [6, 6.07) is -0.352. The zero-order valence-electron chi connectivity index (χ0n) is 11.1. The number of carbonyl (C=O) groups excluding carboxylic acids is 2. The van der Waals surface area contributed by atoms with Crippen molar-refractivity contribution in [1.29, 1.82) is 0 Å². The molecule has 0 unspecified atom stereocenters. The van der Waals surface area contributed by atoms with E-state index >= 15 is 0 Å². The largest absolute Gasteiger partial charge is 0.381 e. The number of rotatable bonds is 2. The molecule has 0 radical (unpaired) electrons. The molecular weight excluding hydrogens is 328 g/mol. The average molecular weight is 343 g/mol. The van der Waals surface area contributed by atoms with Crippen LogP contribution in [0.1, 0.15) is 18.5 Å². The highest BCUT2D eigenvalue weighted by molar-refractivity contribution is 9.10. The van der Waals surface area contributed by atoms with Crippen molar-refractivity contribution < 1.29 is 14.3 Å². The molecule has 3 amide bonds. The van der Waals surface area contributed by atoms with Gasteiger partial charge in [-0.15, -0.1) is 0 Å². The standard InChI is InChI=1S/C12H15BrN4O3/c1-16-6-8(13)9(15-16)7-17-10(18)12(14-11(17)19)2-4-20-5-3-12/h6H,2-5,7H2,1H3,(H,14,19). The highest BCUT2D eigenvalue weighted by Gasteiger charge is 2.51. The van der Waals surface area contributed by atoms with Crippen LogP contribution in [0.2, 0.25) is 0 Å². The van der Waals surface area contributed by atoms with Crippen molar-refractivity contribution >= 4 is 27.9 Å². The number of aromatic nitrogens is 2. The first-order valence-electron chi connectivity index (χ1n) is 6.42. The summed E-state index contributed by atoms with van der Waals surface area (Å²) in [7, 11) is 1.79. The van der Waals surface area contributed by atoms with Gasteiger partial charge in [0.2, 0.25) is 0 Å². The smallest absolute Gasteiger partial charge is 0.325 e. The Morgan fingerprint density at radius 3 is 2.75 bits per heavy atom. The Balaban J connectivity index is 1.82. The number of imide groups is 1. The number of carbonyl (C=O) groups is 2. The summed E-state index contributed by atoms with van der Waals surface area (Å²) in [5.41, 5.74) is -0.114. The molecule has 8 heteroatoms. The van der Waals surface area contributed by atoms with Crippen LogP contribution in [0.15, 0.2) is 10.7 Å². The monoisotopic (exact) mass is 342 g/mol. The van der Waals surface area contributed by atoms with Crippen LogP contribution in [0.3, 0.4) is 0 Å². The quantitative estimate of drug-likeness (QED) is 0.806. The van der Waals surface area contributed by atoms with Crippen LogP contribution in [-0.4, -0.2) is 45.4 Å². The van der Waals surface area contributed by atoms with E-state index in [4.69, 9.17) is 4.74 Å². The molecule has 2 fully saturated rings. The zero-order valence-corrected chi connectivity index (χ0v) is 12.6. The first-order chi connectivity index (χ1) is 9.52. The Bertz CT molecular complexity index is 565. The lowest BCUT2D eigenvalue weighted by Crippen LogP contribution is -2.51. The molecular formula is C12H15BrN4O3. The third kappa shape index (κ3) is 2.12. The number of aryl methyl sites for hydroxylation is 1. The fourth-order valence-electron chi connectivity index (χ4n) is 2.64. The maximum absolute atomic E-state index is 12.6. The van der Waals surface area contributed by atoms with E-state index in [1.807, 2.05) is 0 Å². The van der Waals surface area contributed by atoms with E-state index in [-0.39, 0.29) is 18.5 Å². The number of hydrogen-bond acceptors (Lipinski definition) is 4. The minimum absolute atomic E-state index is 0.175. The Morgan fingerprint density at radius 1 is 1.45 bits per heavy atom. The predicted molar refractivity (Wildman–Crippen MR) is 72.8 cm³/mol. The van der Waals surface area contributed by atoms with Gasteiger partial charge in [0.05, 0.1) is 16.7 Å². The first-order valence-corrected chi connectivity index (χ1v) is 7.21. The Labute approximate surface area is 124 Å². The van der Waals surface area contributed by atoms with Crippen molar-refractivity contribution in [2.24, 2.45) is 7.05 Å². The lowest BCUT2D eigenvalue weighted by atomic mass is 9.90. The summed E-state index contributed by atoms with van der Waals surface area (Å²) in [6.07, 6.45) is 2.84. The molecule has 108 valence electrons. The van der Waals surface area contributed by atoms with E-state index in [0.29, 0.717) is 31.7 Å². The maximum Gasteiger partial charge on any atom is 0.325 e. The fraction of sp³-hybridized carbons (Fsp3) is 0.583. The minimum atomic E-state index is -0.781. The van der Waals surface area contributed by atoms with Gasteiger partial charge >= 0.3 is 6.03 Å². The lowest BCUT2D eigenvalue weighted by molar-refractivity contribution is -0.135. The number of nitrogens with zero attached hydrogens (tertiary/aromatic N) is 3. The second-order valence-electron chi connectivity index (χ2n) is 5.11. The van der Waals surface area contributed by atoms with Crippen molar-refractivity contribution in [3.8, 4) is 0 Å². The number of urea groups is 1. The molecule has 0 aliphatic carbocycles. The van der Waals surface area contributed by atoms with E-state index in [9.17, 15) is 9.59 Å². The fourth-order valence-corrected chi connectivity index (χ4v) is 3.14. The molecule has 2 aliphatic rings. The molecule has 1 aromatic rings. The molecule has 0 bridgehead atoms. The van der Waals surface area contributed by atoms with Gasteiger partial charge in [0.25, 0.3) is 5.91 Å². The Kier molecular flexibility index (Phi) is 3.29. The van der Waals surface area contributed by atoms with Crippen molar-refractivity contribution in [2.75, 3.05) is 13.2 Å². The van der Waals surface area contributed by atoms with E-state index in [1.165, 1.54) is 4.90 Å². The van der Waals surface area contributed by atoms with Gasteiger partial charge in [-0.25, -0.2) is 4.79 Å². The lowest BCUT2D eigenvalue weighted by Gasteiger charge is -2.30. The van der Waals surface area contributed by atoms with Crippen LogP contribution in [-0.2, 0) is 23.1 Å². The van der Waals surface area contributed by atoms with Crippen LogP contribution in [0, 0.1) is 0 Å². The van der Waals surface area contributed by atoms with Crippen molar-refractivity contribution in [1.82, 2.24) is 20.0 Å².